The van der Waals surface area contributed by atoms with Crippen LogP contribution in [0.1, 0.15) is 44.7 Å². The van der Waals surface area contributed by atoms with Crippen LogP contribution in [0.2, 0.25) is 5.02 Å². The van der Waals surface area contributed by atoms with Crippen LogP contribution in [0.5, 0.6) is 0 Å². The molecule has 0 aliphatic heterocycles. The summed E-state index contributed by atoms with van der Waals surface area (Å²) < 4.78 is 1.83. The predicted molar refractivity (Wildman–Crippen MR) is 78.3 cm³/mol. The first-order valence-electron chi connectivity index (χ1n) is 7.64. The molecule has 2 aliphatic carbocycles. The van der Waals surface area contributed by atoms with Crippen molar-refractivity contribution in [2.75, 3.05) is 0 Å². The highest BCUT2D eigenvalue weighted by molar-refractivity contribution is 6.31. The van der Waals surface area contributed by atoms with E-state index in [2.05, 4.69) is 10.4 Å². The van der Waals surface area contributed by atoms with E-state index in [4.69, 9.17) is 11.6 Å². The summed E-state index contributed by atoms with van der Waals surface area (Å²) in [5, 5.41) is 7.81. The molecular formula is C15H22ClN3O. The van der Waals surface area contributed by atoms with Gasteiger partial charge < -0.3 is 5.32 Å². The Kier molecular flexibility index (Phi) is 4.01. The first kappa shape index (κ1) is 13.9. The number of aromatic nitrogens is 2. The molecule has 110 valence electrons. The van der Waals surface area contributed by atoms with Crippen LogP contribution < -0.4 is 5.32 Å². The van der Waals surface area contributed by atoms with Crippen LogP contribution in [0.25, 0.3) is 0 Å². The lowest BCUT2D eigenvalue weighted by Gasteiger charge is -2.20. The summed E-state index contributed by atoms with van der Waals surface area (Å²) in [4.78, 5) is 12.1. The van der Waals surface area contributed by atoms with Crippen molar-refractivity contribution >= 4 is 17.5 Å². The summed E-state index contributed by atoms with van der Waals surface area (Å²) in [6.07, 6.45) is 7.64. The topological polar surface area (TPSA) is 46.9 Å². The summed E-state index contributed by atoms with van der Waals surface area (Å²) >= 11 is 6.09. The second kappa shape index (κ2) is 5.76. The molecule has 2 bridgehead atoms. The molecule has 1 aromatic rings. The number of nitrogens with zero attached hydrogens (tertiary/aromatic N) is 2. The van der Waals surface area contributed by atoms with Crippen molar-refractivity contribution in [3.63, 3.8) is 0 Å². The summed E-state index contributed by atoms with van der Waals surface area (Å²) in [6.45, 7) is 3.26. The van der Waals surface area contributed by atoms with E-state index in [0.29, 0.717) is 23.9 Å². The van der Waals surface area contributed by atoms with Crippen LogP contribution in [-0.2, 0) is 17.9 Å². The van der Waals surface area contributed by atoms with Crippen LogP contribution in [-0.4, -0.2) is 15.7 Å². The van der Waals surface area contributed by atoms with Gasteiger partial charge in [-0.1, -0.05) is 18.0 Å². The van der Waals surface area contributed by atoms with Crippen molar-refractivity contribution in [1.29, 1.82) is 0 Å². The zero-order valence-corrected chi connectivity index (χ0v) is 12.7. The maximum absolute atomic E-state index is 12.1. The third-order valence-corrected chi connectivity index (χ3v) is 5.30. The number of hydrogen-bond acceptors (Lipinski definition) is 2. The van der Waals surface area contributed by atoms with Gasteiger partial charge in [-0.25, -0.2) is 0 Å². The molecule has 2 aliphatic rings. The van der Waals surface area contributed by atoms with Crippen molar-refractivity contribution in [2.24, 2.45) is 17.8 Å². The van der Waals surface area contributed by atoms with Gasteiger partial charge in [0.2, 0.25) is 5.91 Å². The Morgan fingerprint density at radius 3 is 3.00 bits per heavy atom. The van der Waals surface area contributed by atoms with E-state index in [9.17, 15) is 4.79 Å². The van der Waals surface area contributed by atoms with E-state index in [1.165, 1.54) is 25.7 Å². The fourth-order valence-electron chi connectivity index (χ4n) is 3.96. The maximum Gasteiger partial charge on any atom is 0.220 e. The number of carbonyl (C=O) groups is 1. The Balaban J connectivity index is 1.51. The number of aryl methyl sites for hydroxylation is 1. The second-order valence-corrected chi connectivity index (χ2v) is 6.58. The first-order valence-corrected chi connectivity index (χ1v) is 8.02. The highest BCUT2D eigenvalue weighted by Gasteiger charge is 2.40. The van der Waals surface area contributed by atoms with Crippen LogP contribution in [0.3, 0.4) is 0 Å². The molecule has 1 aromatic heterocycles. The Morgan fingerprint density at radius 1 is 1.50 bits per heavy atom. The van der Waals surface area contributed by atoms with Gasteiger partial charge in [0.05, 0.1) is 23.5 Å². The van der Waals surface area contributed by atoms with Crippen molar-refractivity contribution < 1.29 is 4.79 Å². The average molecular weight is 296 g/mol. The molecule has 2 saturated carbocycles. The van der Waals surface area contributed by atoms with Gasteiger partial charge in [-0.15, -0.1) is 0 Å². The van der Waals surface area contributed by atoms with E-state index in [0.717, 1.165) is 24.1 Å². The highest BCUT2D eigenvalue weighted by atomic mass is 35.5. The van der Waals surface area contributed by atoms with Gasteiger partial charge in [0, 0.05) is 13.0 Å². The van der Waals surface area contributed by atoms with Crippen molar-refractivity contribution in [1.82, 2.24) is 15.1 Å². The van der Waals surface area contributed by atoms with Crippen molar-refractivity contribution in [2.45, 2.75) is 52.1 Å². The highest BCUT2D eigenvalue weighted by Crippen LogP contribution is 2.49. The molecule has 3 unspecified atom stereocenters. The fourth-order valence-corrected chi connectivity index (χ4v) is 4.16. The van der Waals surface area contributed by atoms with Crippen molar-refractivity contribution in [3.8, 4) is 0 Å². The van der Waals surface area contributed by atoms with Gasteiger partial charge in [0.1, 0.15) is 0 Å². The number of hydrogen-bond donors (Lipinski definition) is 1. The molecule has 0 radical (unpaired) electrons. The van der Waals surface area contributed by atoms with E-state index in [1.807, 2.05) is 11.6 Å². The predicted octanol–water partition coefficient (Wildman–Crippen LogP) is 3.00. The Hall–Kier alpha value is -1.03. The van der Waals surface area contributed by atoms with Gasteiger partial charge in [0.25, 0.3) is 0 Å². The molecule has 5 heteroatoms. The van der Waals surface area contributed by atoms with Gasteiger partial charge in [0.15, 0.2) is 0 Å². The van der Waals surface area contributed by atoms with Crippen LogP contribution in [0.15, 0.2) is 6.20 Å². The Morgan fingerprint density at radius 2 is 2.35 bits per heavy atom. The van der Waals surface area contributed by atoms with E-state index in [-0.39, 0.29) is 5.91 Å². The van der Waals surface area contributed by atoms with E-state index < -0.39 is 0 Å². The van der Waals surface area contributed by atoms with Crippen molar-refractivity contribution in [3.05, 3.63) is 16.9 Å². The zero-order chi connectivity index (χ0) is 14.1. The van der Waals surface area contributed by atoms with Gasteiger partial charge in [-0.05, 0) is 43.9 Å². The lowest BCUT2D eigenvalue weighted by molar-refractivity contribution is -0.122. The van der Waals surface area contributed by atoms with Crippen LogP contribution >= 0.6 is 11.6 Å². The SMILES string of the molecule is CCn1ncc(Cl)c1CNC(=O)CC1CC2CCC1C2. The van der Waals surface area contributed by atoms with E-state index in [1.54, 1.807) is 6.20 Å². The summed E-state index contributed by atoms with van der Waals surface area (Å²) in [5.41, 5.74) is 0.899. The molecule has 3 rings (SSSR count). The van der Waals surface area contributed by atoms with Gasteiger partial charge in [-0.2, -0.15) is 5.10 Å². The van der Waals surface area contributed by atoms with Gasteiger partial charge in [-0.3, -0.25) is 9.48 Å². The Labute approximate surface area is 124 Å². The minimum absolute atomic E-state index is 0.155. The molecule has 1 amide bonds. The van der Waals surface area contributed by atoms with E-state index >= 15 is 0 Å². The molecule has 4 nitrogen and oxygen atoms in total. The molecule has 1 N–H and O–H groups in total. The summed E-state index contributed by atoms with van der Waals surface area (Å²) in [6, 6.07) is 0. The largest absolute Gasteiger partial charge is 0.350 e. The maximum atomic E-state index is 12.1. The molecular weight excluding hydrogens is 274 g/mol. The molecule has 0 spiro atoms. The number of amides is 1. The number of fused-ring (bicyclic) bond motifs is 2. The average Bonchev–Trinajstić information content (AvgIpc) is 3.12. The molecule has 3 atom stereocenters. The molecule has 2 fully saturated rings. The van der Waals surface area contributed by atoms with Gasteiger partial charge >= 0.3 is 0 Å². The monoisotopic (exact) mass is 295 g/mol. The molecule has 0 aromatic carbocycles. The summed E-state index contributed by atoms with van der Waals surface area (Å²) in [5.74, 6) is 2.46. The molecule has 20 heavy (non-hydrogen) atoms. The number of rotatable bonds is 5. The number of carbonyl (C=O) groups excluding carboxylic acids is 1. The van der Waals surface area contributed by atoms with Crippen LogP contribution in [0.4, 0.5) is 0 Å². The molecule has 1 heterocycles. The minimum atomic E-state index is 0.155. The number of nitrogens with one attached hydrogen (secondary N) is 1. The molecule has 0 saturated heterocycles. The third-order valence-electron chi connectivity index (χ3n) is 4.98. The lowest BCUT2D eigenvalue weighted by atomic mass is 9.86. The smallest absolute Gasteiger partial charge is 0.220 e. The number of halogens is 1. The second-order valence-electron chi connectivity index (χ2n) is 6.17. The third kappa shape index (κ3) is 2.71. The Bertz CT molecular complexity index is 499. The lowest BCUT2D eigenvalue weighted by Crippen LogP contribution is -2.28. The summed E-state index contributed by atoms with van der Waals surface area (Å²) in [7, 11) is 0. The first-order chi connectivity index (χ1) is 9.67. The minimum Gasteiger partial charge on any atom is -0.350 e. The normalized spacial score (nSPS) is 28.0. The standard InChI is InChI=1S/C15H22ClN3O/c1-2-19-14(13(16)8-18-19)9-17-15(20)7-12-6-10-3-4-11(12)5-10/h8,10-12H,2-7,9H2,1H3,(H,17,20). The fraction of sp³-hybridized carbons (Fsp3) is 0.733. The quantitative estimate of drug-likeness (QED) is 0.908. The zero-order valence-electron chi connectivity index (χ0n) is 11.9. The van der Waals surface area contributed by atoms with Crippen LogP contribution in [0, 0.1) is 17.8 Å².